The number of aromatic nitrogens is 2. The molecule has 0 saturated carbocycles. The second-order valence-corrected chi connectivity index (χ2v) is 5.06. The second-order valence-electron chi connectivity index (χ2n) is 5.06. The summed E-state index contributed by atoms with van der Waals surface area (Å²) in [7, 11) is 3.09. The van der Waals surface area contributed by atoms with Gasteiger partial charge in [-0.2, -0.15) is 0 Å². The highest BCUT2D eigenvalue weighted by molar-refractivity contribution is 5.76. The quantitative estimate of drug-likeness (QED) is 0.796. The summed E-state index contributed by atoms with van der Waals surface area (Å²) >= 11 is 0. The van der Waals surface area contributed by atoms with Crippen molar-refractivity contribution in [2.45, 2.75) is 6.54 Å². The molecule has 0 aliphatic heterocycles. The Bertz CT molecular complexity index is 972. The number of nitrogens with one attached hydrogen (secondary N) is 1. The molecule has 0 atom stereocenters. The van der Waals surface area contributed by atoms with Gasteiger partial charge in [0.25, 0.3) is 5.56 Å². The van der Waals surface area contributed by atoms with E-state index in [0.29, 0.717) is 22.4 Å². The Balaban J connectivity index is 2.09. The van der Waals surface area contributed by atoms with Crippen LogP contribution >= 0.6 is 0 Å². The van der Waals surface area contributed by atoms with Gasteiger partial charge in [-0.05, 0) is 29.8 Å². The molecule has 118 valence electrons. The van der Waals surface area contributed by atoms with Gasteiger partial charge in [0.15, 0.2) is 11.5 Å². The van der Waals surface area contributed by atoms with E-state index in [2.05, 4.69) is 4.98 Å². The molecule has 0 aliphatic carbocycles. The van der Waals surface area contributed by atoms with E-state index in [1.165, 1.54) is 11.7 Å². The van der Waals surface area contributed by atoms with Gasteiger partial charge < -0.3 is 14.5 Å². The van der Waals surface area contributed by atoms with Crippen LogP contribution in [0.25, 0.3) is 10.9 Å². The molecule has 23 heavy (non-hydrogen) atoms. The van der Waals surface area contributed by atoms with Gasteiger partial charge in [-0.3, -0.25) is 9.36 Å². The van der Waals surface area contributed by atoms with Crippen molar-refractivity contribution in [3.63, 3.8) is 0 Å². The lowest BCUT2D eigenvalue weighted by Crippen LogP contribution is -2.35. The molecule has 0 saturated heterocycles. The summed E-state index contributed by atoms with van der Waals surface area (Å²) < 4.78 is 11.6. The first-order valence-corrected chi connectivity index (χ1v) is 7.07. The van der Waals surface area contributed by atoms with Crippen LogP contribution < -0.4 is 20.7 Å². The van der Waals surface area contributed by atoms with Crippen molar-refractivity contribution in [2.75, 3.05) is 14.2 Å². The number of benzene rings is 2. The molecule has 6 nitrogen and oxygen atoms in total. The van der Waals surface area contributed by atoms with Crippen molar-refractivity contribution in [1.82, 2.24) is 9.55 Å². The first-order valence-electron chi connectivity index (χ1n) is 7.07. The van der Waals surface area contributed by atoms with E-state index in [-0.39, 0.29) is 12.1 Å². The fraction of sp³-hybridized carbons (Fsp3) is 0.176. The Labute approximate surface area is 131 Å². The molecule has 1 aromatic heterocycles. The molecular weight excluding hydrogens is 296 g/mol. The second kappa shape index (κ2) is 6.00. The summed E-state index contributed by atoms with van der Waals surface area (Å²) in [6.45, 7) is 0.152. The van der Waals surface area contributed by atoms with E-state index in [9.17, 15) is 9.59 Å². The Morgan fingerprint density at radius 1 is 1.00 bits per heavy atom. The average molecular weight is 312 g/mol. The Morgan fingerprint density at radius 3 is 2.48 bits per heavy atom. The molecule has 2 aromatic carbocycles. The summed E-state index contributed by atoms with van der Waals surface area (Å²) in [5.41, 5.74) is 0.541. The van der Waals surface area contributed by atoms with Gasteiger partial charge >= 0.3 is 5.69 Å². The van der Waals surface area contributed by atoms with Crippen LogP contribution in [0.5, 0.6) is 11.5 Å². The standard InChI is InChI=1S/C17H16N2O4/c1-22-14-8-7-11(9-15(14)23-2)10-19-16(20)12-5-3-4-6-13(12)18-17(19)21/h3-9H,10H2,1-2H3,(H,18,21). The van der Waals surface area contributed by atoms with Crippen molar-refractivity contribution in [3.05, 3.63) is 68.9 Å². The van der Waals surface area contributed by atoms with Crippen LogP contribution in [0.1, 0.15) is 5.56 Å². The third kappa shape index (κ3) is 2.70. The number of H-pyrrole nitrogens is 1. The van der Waals surface area contributed by atoms with E-state index >= 15 is 0 Å². The number of aromatic amines is 1. The molecule has 1 N–H and O–H groups in total. The topological polar surface area (TPSA) is 73.3 Å². The number of rotatable bonds is 4. The first kappa shape index (κ1) is 14.9. The normalized spacial score (nSPS) is 10.7. The molecule has 0 fully saturated rings. The molecule has 6 heteroatoms. The Hall–Kier alpha value is -3.02. The van der Waals surface area contributed by atoms with Crippen LogP contribution in [-0.2, 0) is 6.54 Å². The van der Waals surface area contributed by atoms with Crippen molar-refractivity contribution in [2.24, 2.45) is 0 Å². The first-order chi connectivity index (χ1) is 11.1. The minimum absolute atomic E-state index is 0.152. The van der Waals surface area contributed by atoms with Crippen LogP contribution in [0.4, 0.5) is 0 Å². The number of methoxy groups -OCH3 is 2. The lowest BCUT2D eigenvalue weighted by molar-refractivity contribution is 0.354. The van der Waals surface area contributed by atoms with Crippen LogP contribution in [-0.4, -0.2) is 23.8 Å². The zero-order valence-corrected chi connectivity index (χ0v) is 12.8. The van der Waals surface area contributed by atoms with Gasteiger partial charge in [0.1, 0.15) is 0 Å². The summed E-state index contributed by atoms with van der Waals surface area (Å²) in [4.78, 5) is 27.4. The highest BCUT2D eigenvalue weighted by Gasteiger charge is 2.10. The maximum atomic E-state index is 12.5. The molecule has 0 aliphatic rings. The molecule has 0 bridgehead atoms. The van der Waals surface area contributed by atoms with E-state index < -0.39 is 5.69 Å². The number of nitrogens with zero attached hydrogens (tertiary/aromatic N) is 1. The van der Waals surface area contributed by atoms with Crippen molar-refractivity contribution >= 4 is 10.9 Å². The summed E-state index contributed by atoms with van der Waals surface area (Å²) in [6, 6.07) is 12.2. The summed E-state index contributed by atoms with van der Waals surface area (Å²) in [5, 5.41) is 0.479. The van der Waals surface area contributed by atoms with Gasteiger partial charge in [0.2, 0.25) is 0 Å². The fourth-order valence-electron chi connectivity index (χ4n) is 2.50. The zero-order chi connectivity index (χ0) is 16.4. The molecule has 0 unspecified atom stereocenters. The third-order valence-corrected chi connectivity index (χ3v) is 3.68. The number of hydrogen-bond acceptors (Lipinski definition) is 4. The van der Waals surface area contributed by atoms with Crippen molar-refractivity contribution in [3.8, 4) is 11.5 Å². The van der Waals surface area contributed by atoms with Crippen molar-refractivity contribution < 1.29 is 9.47 Å². The highest BCUT2D eigenvalue weighted by atomic mass is 16.5. The molecule has 3 rings (SSSR count). The maximum absolute atomic E-state index is 12.5. The Kier molecular flexibility index (Phi) is 3.89. The van der Waals surface area contributed by atoms with Gasteiger partial charge in [-0.15, -0.1) is 0 Å². The number of para-hydroxylation sites is 1. The molecule has 1 heterocycles. The minimum Gasteiger partial charge on any atom is -0.493 e. The fourth-order valence-corrected chi connectivity index (χ4v) is 2.50. The van der Waals surface area contributed by atoms with Gasteiger partial charge in [-0.1, -0.05) is 18.2 Å². The Morgan fingerprint density at radius 2 is 1.74 bits per heavy atom. The predicted molar refractivity (Wildman–Crippen MR) is 87.5 cm³/mol. The molecule has 0 radical (unpaired) electrons. The lowest BCUT2D eigenvalue weighted by atomic mass is 10.2. The number of fused-ring (bicyclic) bond motifs is 1. The van der Waals surface area contributed by atoms with Crippen LogP contribution in [0.15, 0.2) is 52.1 Å². The molecular formula is C17H16N2O4. The maximum Gasteiger partial charge on any atom is 0.329 e. The van der Waals surface area contributed by atoms with Gasteiger partial charge in [-0.25, -0.2) is 4.79 Å². The number of hydrogen-bond donors (Lipinski definition) is 1. The van der Waals surface area contributed by atoms with E-state index in [0.717, 1.165) is 5.56 Å². The van der Waals surface area contributed by atoms with Crippen LogP contribution in [0.2, 0.25) is 0 Å². The highest BCUT2D eigenvalue weighted by Crippen LogP contribution is 2.27. The number of ether oxygens (including phenoxy) is 2. The largest absolute Gasteiger partial charge is 0.493 e. The summed E-state index contributed by atoms with van der Waals surface area (Å²) in [5.74, 6) is 1.14. The monoisotopic (exact) mass is 312 g/mol. The van der Waals surface area contributed by atoms with E-state index in [4.69, 9.17) is 9.47 Å². The average Bonchev–Trinajstić information content (AvgIpc) is 2.58. The van der Waals surface area contributed by atoms with E-state index in [1.54, 1.807) is 49.6 Å². The minimum atomic E-state index is -0.441. The van der Waals surface area contributed by atoms with Gasteiger partial charge in [0.05, 0.1) is 31.7 Å². The van der Waals surface area contributed by atoms with Crippen LogP contribution in [0, 0.1) is 0 Å². The van der Waals surface area contributed by atoms with E-state index in [1.807, 2.05) is 0 Å². The zero-order valence-electron chi connectivity index (χ0n) is 12.8. The SMILES string of the molecule is COc1ccc(Cn2c(=O)[nH]c3ccccc3c2=O)cc1OC. The summed E-state index contributed by atoms with van der Waals surface area (Å²) in [6.07, 6.45) is 0. The molecule has 0 spiro atoms. The third-order valence-electron chi connectivity index (χ3n) is 3.68. The molecule has 0 amide bonds. The smallest absolute Gasteiger partial charge is 0.329 e. The van der Waals surface area contributed by atoms with Gasteiger partial charge in [0, 0.05) is 0 Å². The molecule has 3 aromatic rings. The van der Waals surface area contributed by atoms with Crippen LogP contribution in [0.3, 0.4) is 0 Å². The van der Waals surface area contributed by atoms with Crippen molar-refractivity contribution in [1.29, 1.82) is 0 Å². The lowest BCUT2D eigenvalue weighted by Gasteiger charge is -2.10. The predicted octanol–water partition coefficient (Wildman–Crippen LogP) is 1.76.